The Morgan fingerprint density at radius 3 is 2.21 bits per heavy atom. The van der Waals surface area contributed by atoms with Gasteiger partial charge >= 0.3 is 0 Å². The highest BCUT2D eigenvalue weighted by Gasteiger charge is 2.25. The second kappa shape index (κ2) is 6.17. The number of benzene rings is 2. The van der Waals surface area contributed by atoms with Gasteiger partial charge in [0.2, 0.25) is 5.89 Å². The van der Waals surface area contributed by atoms with Crippen LogP contribution < -0.4 is 9.64 Å². The fraction of sp³-hybridized carbons (Fsp3) is 0. The van der Waals surface area contributed by atoms with E-state index in [9.17, 15) is 0 Å². The van der Waals surface area contributed by atoms with Gasteiger partial charge in [-0.25, -0.2) is 9.97 Å². The summed E-state index contributed by atoms with van der Waals surface area (Å²) in [4.78, 5) is 15.3. The van der Waals surface area contributed by atoms with Crippen molar-refractivity contribution >= 4 is 28.2 Å². The summed E-state index contributed by atoms with van der Waals surface area (Å²) in [5.41, 5.74) is 4.93. The van der Waals surface area contributed by atoms with Gasteiger partial charge in [0, 0.05) is 12.3 Å². The minimum atomic E-state index is 0.474. The summed E-state index contributed by atoms with van der Waals surface area (Å²) in [5.74, 6) is 2.09. The van der Waals surface area contributed by atoms with Crippen LogP contribution in [0.25, 0.3) is 22.7 Å². The van der Waals surface area contributed by atoms with Gasteiger partial charge in [0.15, 0.2) is 17.1 Å². The van der Waals surface area contributed by atoms with Gasteiger partial charge in [-0.15, -0.1) is 0 Å². The third-order valence-electron chi connectivity index (χ3n) is 4.85. The van der Waals surface area contributed by atoms with Crippen LogP contribution in [0.3, 0.4) is 0 Å². The van der Waals surface area contributed by atoms with E-state index in [1.807, 2.05) is 66.9 Å². The molecule has 0 saturated heterocycles. The number of oxazole rings is 1. The van der Waals surface area contributed by atoms with Crippen molar-refractivity contribution in [1.82, 2.24) is 15.0 Å². The third kappa shape index (κ3) is 2.54. The number of anilines is 3. The Kier molecular flexibility index (Phi) is 3.37. The predicted molar refractivity (Wildman–Crippen MR) is 110 cm³/mol. The normalized spacial score (nSPS) is 12.3. The predicted octanol–water partition coefficient (Wildman–Crippen LogP) is 5.86. The summed E-state index contributed by atoms with van der Waals surface area (Å²) in [6.07, 6.45) is 5.18. The lowest BCUT2D eigenvalue weighted by atomic mass is 10.1. The highest BCUT2D eigenvalue weighted by molar-refractivity contribution is 5.86. The van der Waals surface area contributed by atoms with Crippen LogP contribution in [0.4, 0.5) is 17.1 Å². The van der Waals surface area contributed by atoms with Crippen molar-refractivity contribution in [3.63, 3.8) is 0 Å². The van der Waals surface area contributed by atoms with Gasteiger partial charge in [-0.3, -0.25) is 4.98 Å². The Morgan fingerprint density at radius 1 is 0.759 bits per heavy atom. The van der Waals surface area contributed by atoms with E-state index in [4.69, 9.17) is 9.15 Å². The van der Waals surface area contributed by atoms with E-state index in [1.54, 1.807) is 18.5 Å². The molecule has 2 aromatic carbocycles. The van der Waals surface area contributed by atoms with Gasteiger partial charge in [0.1, 0.15) is 11.2 Å². The first-order chi connectivity index (χ1) is 14.4. The van der Waals surface area contributed by atoms with Crippen molar-refractivity contribution in [2.24, 2.45) is 0 Å². The van der Waals surface area contributed by atoms with Crippen LogP contribution >= 0.6 is 0 Å². The smallest absolute Gasteiger partial charge is 0.246 e. The largest absolute Gasteiger partial charge is 0.453 e. The number of fused-ring (bicyclic) bond motifs is 3. The number of para-hydroxylation sites is 4. The molecule has 0 fully saturated rings. The first-order valence-corrected chi connectivity index (χ1v) is 9.20. The maximum atomic E-state index is 6.06. The van der Waals surface area contributed by atoms with Crippen molar-refractivity contribution < 1.29 is 9.15 Å². The summed E-state index contributed by atoms with van der Waals surface area (Å²) in [6, 6.07) is 21.6. The third-order valence-corrected chi connectivity index (χ3v) is 4.85. The minimum Gasteiger partial charge on any atom is -0.453 e. The topological polar surface area (TPSA) is 64.3 Å². The first-order valence-electron chi connectivity index (χ1n) is 9.20. The summed E-state index contributed by atoms with van der Waals surface area (Å²) in [6.45, 7) is 0. The SMILES string of the molecule is c1ccc2c(c1)Oc1ccccc1N2c1ccc(-c2nc3cnccc3o2)nc1. The fourth-order valence-corrected chi connectivity index (χ4v) is 3.52. The molecule has 0 atom stereocenters. The maximum absolute atomic E-state index is 6.06. The number of ether oxygens (including phenoxy) is 1. The van der Waals surface area contributed by atoms with E-state index >= 15 is 0 Å². The van der Waals surface area contributed by atoms with Crippen molar-refractivity contribution in [2.75, 3.05) is 4.90 Å². The molecular weight excluding hydrogens is 364 g/mol. The molecule has 0 saturated carbocycles. The molecule has 3 aromatic heterocycles. The van der Waals surface area contributed by atoms with Gasteiger partial charge in [-0.1, -0.05) is 24.3 Å². The van der Waals surface area contributed by atoms with E-state index < -0.39 is 0 Å². The summed E-state index contributed by atoms with van der Waals surface area (Å²) < 4.78 is 11.9. The molecule has 138 valence electrons. The van der Waals surface area contributed by atoms with Crippen molar-refractivity contribution in [1.29, 1.82) is 0 Å². The molecule has 0 spiro atoms. The van der Waals surface area contributed by atoms with E-state index in [-0.39, 0.29) is 0 Å². The Hall–Kier alpha value is -4.19. The molecule has 0 radical (unpaired) electrons. The molecule has 6 rings (SSSR count). The molecule has 0 N–H and O–H groups in total. The summed E-state index contributed by atoms with van der Waals surface area (Å²) >= 11 is 0. The van der Waals surface area contributed by atoms with Gasteiger partial charge < -0.3 is 14.1 Å². The van der Waals surface area contributed by atoms with Crippen LogP contribution in [-0.4, -0.2) is 15.0 Å². The molecule has 1 aliphatic heterocycles. The number of nitrogens with zero attached hydrogens (tertiary/aromatic N) is 4. The average molecular weight is 378 g/mol. The number of hydrogen-bond acceptors (Lipinski definition) is 6. The Morgan fingerprint density at radius 2 is 1.52 bits per heavy atom. The van der Waals surface area contributed by atoms with Gasteiger partial charge in [-0.2, -0.15) is 0 Å². The van der Waals surface area contributed by atoms with Crippen molar-refractivity contribution in [2.45, 2.75) is 0 Å². The zero-order valence-corrected chi connectivity index (χ0v) is 15.2. The number of rotatable bonds is 2. The minimum absolute atomic E-state index is 0.474. The highest BCUT2D eigenvalue weighted by atomic mass is 16.5. The van der Waals surface area contributed by atoms with Crippen LogP contribution in [-0.2, 0) is 0 Å². The lowest BCUT2D eigenvalue weighted by molar-refractivity contribution is 0.477. The van der Waals surface area contributed by atoms with E-state index in [2.05, 4.69) is 19.9 Å². The van der Waals surface area contributed by atoms with Gasteiger partial charge in [-0.05, 0) is 36.4 Å². The molecule has 6 heteroatoms. The van der Waals surface area contributed by atoms with E-state index in [0.29, 0.717) is 22.7 Å². The first kappa shape index (κ1) is 15.8. The van der Waals surface area contributed by atoms with Crippen LogP contribution in [0, 0.1) is 0 Å². The zero-order chi connectivity index (χ0) is 19.2. The second-order valence-corrected chi connectivity index (χ2v) is 6.64. The summed E-state index contributed by atoms with van der Waals surface area (Å²) in [5, 5.41) is 0. The Balaban J connectivity index is 1.44. The number of pyridine rings is 2. The standard InChI is InChI=1S/C23H14N4O2/c1-3-7-21-18(5-1)27(19-6-2-4-8-22(19)28-21)15-9-10-16(25-13-15)23-26-17-14-24-12-11-20(17)29-23/h1-14H. The molecule has 5 aromatic rings. The molecule has 29 heavy (non-hydrogen) atoms. The monoisotopic (exact) mass is 378 g/mol. The zero-order valence-electron chi connectivity index (χ0n) is 15.2. The van der Waals surface area contributed by atoms with Crippen molar-refractivity contribution in [3.8, 4) is 23.1 Å². The quantitative estimate of drug-likeness (QED) is 0.376. The molecular formula is C23H14N4O2. The Bertz CT molecular complexity index is 1270. The molecule has 0 amide bonds. The molecule has 4 heterocycles. The second-order valence-electron chi connectivity index (χ2n) is 6.64. The highest BCUT2D eigenvalue weighted by Crippen LogP contribution is 2.49. The lowest BCUT2D eigenvalue weighted by Gasteiger charge is -2.32. The molecule has 0 aliphatic carbocycles. The molecule has 0 bridgehead atoms. The number of hydrogen-bond donors (Lipinski definition) is 0. The fourth-order valence-electron chi connectivity index (χ4n) is 3.52. The van der Waals surface area contributed by atoms with Crippen LogP contribution in [0.1, 0.15) is 0 Å². The average Bonchev–Trinajstić information content (AvgIpc) is 3.22. The lowest BCUT2D eigenvalue weighted by Crippen LogP contribution is -2.15. The Labute approximate surface area is 166 Å². The van der Waals surface area contributed by atoms with Gasteiger partial charge in [0.05, 0.1) is 29.5 Å². The van der Waals surface area contributed by atoms with Crippen LogP contribution in [0.15, 0.2) is 89.7 Å². The number of aromatic nitrogens is 3. The van der Waals surface area contributed by atoms with Crippen LogP contribution in [0.2, 0.25) is 0 Å². The maximum Gasteiger partial charge on any atom is 0.246 e. The van der Waals surface area contributed by atoms with Gasteiger partial charge in [0.25, 0.3) is 0 Å². The van der Waals surface area contributed by atoms with E-state index in [0.717, 1.165) is 28.6 Å². The van der Waals surface area contributed by atoms with Crippen molar-refractivity contribution in [3.05, 3.63) is 85.3 Å². The molecule has 1 aliphatic rings. The van der Waals surface area contributed by atoms with Crippen LogP contribution in [0.5, 0.6) is 11.5 Å². The summed E-state index contributed by atoms with van der Waals surface area (Å²) in [7, 11) is 0. The van der Waals surface area contributed by atoms with E-state index in [1.165, 1.54) is 0 Å². The molecule has 0 unspecified atom stereocenters. The molecule has 6 nitrogen and oxygen atoms in total.